The fourth-order valence-corrected chi connectivity index (χ4v) is 0.221. The second-order valence-electron chi connectivity index (χ2n) is 0.861. The van der Waals surface area contributed by atoms with Gasteiger partial charge in [-0.25, -0.2) is 4.79 Å². The molecule has 0 aromatic heterocycles. The standard InChI is InChI=1S/C3H2N2O/c6-3-1-4-2-5-3/h1-2H/q+1. The molecule has 0 bridgehead atoms. The molecule has 0 aromatic rings. The molecule has 0 N–H and O–H groups in total. The minimum atomic E-state index is -0.269. The lowest BCUT2D eigenvalue weighted by Crippen LogP contribution is -1.87. The Morgan fingerprint density at radius 2 is 2.67 bits per heavy atom. The number of amides is 1. The van der Waals surface area contributed by atoms with Crippen LogP contribution in [0.15, 0.2) is 4.99 Å². The fourth-order valence-electron chi connectivity index (χ4n) is 0.221. The minimum absolute atomic E-state index is 0.269. The average Bonchev–Trinajstić information content (AvgIpc) is 1.86. The molecule has 0 atom stereocenters. The van der Waals surface area contributed by atoms with Gasteiger partial charge in [0.1, 0.15) is 0 Å². The van der Waals surface area contributed by atoms with Crippen LogP contribution in [0.4, 0.5) is 0 Å². The number of carbonyl (C=O) groups is 1. The molecule has 0 aliphatic carbocycles. The van der Waals surface area contributed by atoms with Crippen LogP contribution < -0.4 is 4.99 Å². The van der Waals surface area contributed by atoms with E-state index in [0.29, 0.717) is 0 Å². The molecule has 1 aliphatic rings. The Bertz CT molecular complexity index is 111. The van der Waals surface area contributed by atoms with Gasteiger partial charge in [0.05, 0.1) is 0 Å². The quantitative estimate of drug-likeness (QED) is 0.368. The van der Waals surface area contributed by atoms with E-state index in [0.717, 1.165) is 0 Å². The minimum Gasteiger partial charge on any atom is -0.233 e. The molecule has 1 aliphatic heterocycles. The van der Waals surface area contributed by atoms with Crippen LogP contribution in [0.25, 0.3) is 0 Å². The van der Waals surface area contributed by atoms with E-state index in [1.807, 2.05) is 0 Å². The Hall–Kier alpha value is -0.990. The monoisotopic (exact) mass is 82.0 g/mol. The molecule has 1 heterocycles. The van der Waals surface area contributed by atoms with Gasteiger partial charge in [0.25, 0.3) is 0 Å². The summed E-state index contributed by atoms with van der Waals surface area (Å²) in [5.74, 6) is -0.269. The van der Waals surface area contributed by atoms with E-state index in [-0.39, 0.29) is 5.91 Å². The summed E-state index contributed by atoms with van der Waals surface area (Å²) in [4.78, 5) is 16.5. The van der Waals surface area contributed by atoms with Crippen molar-refractivity contribution in [3.63, 3.8) is 0 Å². The predicted octanol–water partition coefficient (Wildman–Crippen LogP) is -1.04. The van der Waals surface area contributed by atoms with Gasteiger partial charge in [-0.1, -0.05) is 0 Å². The summed E-state index contributed by atoms with van der Waals surface area (Å²) in [6.45, 7) is 0. The topological polar surface area (TPSA) is 43.5 Å². The first-order valence-corrected chi connectivity index (χ1v) is 1.49. The Morgan fingerprint density at radius 1 is 1.83 bits per heavy atom. The molecular formula is C3H2N2O+. The number of nitrogens with zero attached hydrogens (tertiary/aromatic N) is 2. The van der Waals surface area contributed by atoms with Crippen molar-refractivity contribution in [3.8, 4) is 0 Å². The van der Waals surface area contributed by atoms with Crippen LogP contribution >= 0.6 is 0 Å². The molecule has 6 heavy (non-hydrogen) atoms. The van der Waals surface area contributed by atoms with Gasteiger partial charge in [-0.2, -0.15) is 0 Å². The molecule has 0 aromatic carbocycles. The zero-order valence-corrected chi connectivity index (χ0v) is 2.96. The lowest BCUT2D eigenvalue weighted by Gasteiger charge is -1.45. The van der Waals surface area contributed by atoms with Crippen molar-refractivity contribution in [2.45, 2.75) is 0 Å². The van der Waals surface area contributed by atoms with Gasteiger partial charge in [-0.15, -0.1) is 0 Å². The van der Waals surface area contributed by atoms with E-state index in [1.54, 1.807) is 0 Å². The van der Waals surface area contributed by atoms with Crippen LogP contribution in [-0.2, 0) is 4.79 Å². The first-order valence-electron chi connectivity index (χ1n) is 1.49. The summed E-state index contributed by atoms with van der Waals surface area (Å²) >= 11 is 0. The molecule has 29 valence electrons. The normalized spacial score (nSPS) is 17.0. The average molecular weight is 82.1 g/mol. The van der Waals surface area contributed by atoms with Crippen molar-refractivity contribution in [2.24, 2.45) is 4.99 Å². The Balaban J connectivity index is 2.86. The Morgan fingerprint density at radius 3 is 2.83 bits per heavy atom. The van der Waals surface area contributed by atoms with E-state index >= 15 is 0 Å². The smallest absolute Gasteiger partial charge is 0.233 e. The first kappa shape index (κ1) is 3.21. The zero-order valence-electron chi connectivity index (χ0n) is 2.96. The van der Waals surface area contributed by atoms with Crippen molar-refractivity contribution < 1.29 is 4.79 Å². The van der Waals surface area contributed by atoms with Crippen LogP contribution in [0.5, 0.6) is 0 Å². The Kier molecular flexibility index (Phi) is 0.538. The highest BCUT2D eigenvalue weighted by Crippen LogP contribution is 1.67. The molecule has 0 spiro atoms. The summed E-state index contributed by atoms with van der Waals surface area (Å²) in [5.41, 5.74) is 0. The van der Waals surface area contributed by atoms with E-state index in [2.05, 4.69) is 9.98 Å². The van der Waals surface area contributed by atoms with Crippen molar-refractivity contribution in [1.82, 2.24) is 4.99 Å². The molecule has 1 radical (unpaired) electrons. The second-order valence-corrected chi connectivity index (χ2v) is 0.861. The molecule has 0 fully saturated rings. The second kappa shape index (κ2) is 1.01. The number of hydrogen-bond donors (Lipinski definition) is 0. The fraction of sp³-hybridized carbons (Fsp3) is 0. The van der Waals surface area contributed by atoms with Crippen LogP contribution in [0.2, 0.25) is 0 Å². The van der Waals surface area contributed by atoms with Gasteiger partial charge >= 0.3 is 12.2 Å². The van der Waals surface area contributed by atoms with E-state index in [1.165, 1.54) is 12.6 Å². The maximum atomic E-state index is 9.90. The van der Waals surface area contributed by atoms with Crippen molar-refractivity contribution >= 4 is 18.5 Å². The number of hydrogen-bond acceptors (Lipinski definition) is 2. The van der Waals surface area contributed by atoms with Crippen molar-refractivity contribution in [2.75, 3.05) is 0 Å². The first-order chi connectivity index (χ1) is 2.89. The van der Waals surface area contributed by atoms with E-state index in [9.17, 15) is 4.79 Å². The highest BCUT2D eigenvalue weighted by atomic mass is 16.1. The Labute approximate surface area is 34.4 Å². The summed E-state index contributed by atoms with van der Waals surface area (Å²) in [5, 5.41) is 0. The van der Waals surface area contributed by atoms with E-state index in [4.69, 9.17) is 0 Å². The predicted molar refractivity (Wildman–Crippen MR) is 21.7 cm³/mol. The third-order valence-corrected chi connectivity index (χ3v) is 0.437. The SMILES string of the molecule is O=C1C=[N+]C=N1. The largest absolute Gasteiger partial charge is 0.418 e. The molecule has 1 rings (SSSR count). The number of rotatable bonds is 0. The maximum Gasteiger partial charge on any atom is 0.418 e. The zero-order chi connectivity index (χ0) is 4.41. The van der Waals surface area contributed by atoms with Crippen molar-refractivity contribution in [1.29, 1.82) is 0 Å². The lowest BCUT2D eigenvalue weighted by molar-refractivity contribution is -0.111. The molecule has 0 saturated heterocycles. The van der Waals surface area contributed by atoms with Gasteiger partial charge in [-0.05, 0) is 4.99 Å². The molecular weight excluding hydrogens is 80.0 g/mol. The van der Waals surface area contributed by atoms with Gasteiger partial charge in [0.15, 0.2) is 0 Å². The third kappa shape index (κ3) is 0.337. The van der Waals surface area contributed by atoms with Crippen LogP contribution in [0, 0.1) is 0 Å². The summed E-state index contributed by atoms with van der Waals surface area (Å²) in [6, 6.07) is 0. The maximum absolute atomic E-state index is 9.90. The summed E-state index contributed by atoms with van der Waals surface area (Å²) in [6.07, 6.45) is 2.39. The molecule has 0 saturated carbocycles. The van der Waals surface area contributed by atoms with E-state index < -0.39 is 0 Å². The molecule has 3 nitrogen and oxygen atoms in total. The van der Waals surface area contributed by atoms with Gasteiger partial charge in [0, 0.05) is 4.99 Å². The van der Waals surface area contributed by atoms with Crippen LogP contribution in [0.1, 0.15) is 0 Å². The highest BCUT2D eigenvalue weighted by molar-refractivity contribution is 6.31. The lowest BCUT2D eigenvalue weighted by atomic mass is 10.7. The van der Waals surface area contributed by atoms with Crippen molar-refractivity contribution in [3.05, 3.63) is 0 Å². The van der Waals surface area contributed by atoms with Crippen LogP contribution in [0.3, 0.4) is 0 Å². The molecule has 0 unspecified atom stereocenters. The number of carbonyl (C=O) groups excluding carboxylic acids is 1. The highest BCUT2D eigenvalue weighted by Gasteiger charge is 2.07. The molecule has 3 heteroatoms. The molecule has 1 amide bonds. The summed E-state index contributed by atoms with van der Waals surface area (Å²) in [7, 11) is 0. The van der Waals surface area contributed by atoms with Gasteiger partial charge < -0.3 is 0 Å². The van der Waals surface area contributed by atoms with Gasteiger partial charge in [0.2, 0.25) is 6.21 Å². The number of aliphatic imine (C=N–C) groups is 2. The third-order valence-electron chi connectivity index (χ3n) is 0.437. The van der Waals surface area contributed by atoms with Crippen LogP contribution in [-0.4, -0.2) is 18.5 Å². The summed E-state index contributed by atoms with van der Waals surface area (Å²) < 4.78 is 0. The van der Waals surface area contributed by atoms with Gasteiger partial charge in [-0.3, -0.25) is 0 Å².